The number of amides is 1. The molecule has 1 fully saturated rings. The lowest BCUT2D eigenvalue weighted by Crippen LogP contribution is -2.48. The van der Waals surface area contributed by atoms with E-state index >= 15 is 0 Å². The summed E-state index contributed by atoms with van der Waals surface area (Å²) < 4.78 is 25.7. The minimum atomic E-state index is -3.38. The highest BCUT2D eigenvalue weighted by Crippen LogP contribution is 2.23. The second-order valence-corrected chi connectivity index (χ2v) is 8.11. The van der Waals surface area contributed by atoms with Gasteiger partial charge < -0.3 is 0 Å². The van der Waals surface area contributed by atoms with Crippen molar-refractivity contribution < 1.29 is 13.2 Å². The van der Waals surface area contributed by atoms with Crippen LogP contribution >= 0.6 is 11.6 Å². The molecule has 1 aromatic rings. The molecule has 0 unspecified atom stereocenters. The van der Waals surface area contributed by atoms with E-state index in [1.165, 1.54) is 4.31 Å². The molecule has 0 radical (unpaired) electrons. The Morgan fingerprint density at radius 3 is 2.83 bits per heavy atom. The molecule has 0 saturated carbocycles. The fourth-order valence-corrected chi connectivity index (χ4v) is 4.53. The number of halogens is 1. The van der Waals surface area contributed by atoms with Gasteiger partial charge in [-0.15, -0.1) is 0 Å². The number of hydrogen-bond donors (Lipinski definition) is 2. The molecule has 2 rings (SSSR count). The van der Waals surface area contributed by atoms with Gasteiger partial charge in [0.15, 0.2) is 0 Å². The summed E-state index contributed by atoms with van der Waals surface area (Å²) >= 11 is 6.03. The Kier molecular flexibility index (Phi) is 5.89. The van der Waals surface area contributed by atoms with Crippen LogP contribution in [0.25, 0.3) is 0 Å². The number of rotatable bonds is 6. The van der Waals surface area contributed by atoms with E-state index in [0.29, 0.717) is 36.5 Å². The number of hydrazine groups is 1. The summed E-state index contributed by atoms with van der Waals surface area (Å²) in [7, 11) is -3.38. The Bertz CT molecular complexity index is 679. The Morgan fingerprint density at radius 2 is 2.17 bits per heavy atom. The summed E-state index contributed by atoms with van der Waals surface area (Å²) in [5.41, 5.74) is 6.95. The third-order valence-corrected chi connectivity index (χ3v) is 6.31. The van der Waals surface area contributed by atoms with Crippen molar-refractivity contribution in [3.8, 4) is 0 Å². The van der Waals surface area contributed by atoms with Gasteiger partial charge in [0.2, 0.25) is 10.0 Å². The van der Waals surface area contributed by atoms with Crippen LogP contribution in [0.3, 0.4) is 0 Å². The van der Waals surface area contributed by atoms with Gasteiger partial charge in [0.05, 0.1) is 11.4 Å². The Morgan fingerprint density at radius 1 is 1.43 bits per heavy atom. The molecule has 1 aliphatic heterocycles. The molecule has 23 heavy (non-hydrogen) atoms. The number of carbonyl (C=O) groups excluding carboxylic acids is 1. The monoisotopic (exact) mass is 359 g/mol. The highest BCUT2D eigenvalue weighted by atomic mass is 35.5. The molecule has 0 aliphatic carbocycles. The topological polar surface area (TPSA) is 78.5 Å². The number of carbonyl (C=O) groups is 1. The molecule has 1 heterocycles. The summed E-state index contributed by atoms with van der Waals surface area (Å²) in [6.45, 7) is 4.10. The van der Waals surface area contributed by atoms with Gasteiger partial charge in [-0.25, -0.2) is 8.42 Å². The predicted molar refractivity (Wildman–Crippen MR) is 91.8 cm³/mol. The van der Waals surface area contributed by atoms with Crippen LogP contribution < -0.4 is 10.9 Å². The molecule has 0 bridgehead atoms. The van der Waals surface area contributed by atoms with E-state index in [9.17, 15) is 13.2 Å². The number of nitrogens with one attached hydrogen (secondary N) is 2. The van der Waals surface area contributed by atoms with E-state index in [2.05, 4.69) is 10.9 Å². The average Bonchev–Trinajstić information content (AvgIpc) is 2.98. The molecular formula is C15H22ClN3O3S. The molecule has 0 spiro atoms. The zero-order valence-electron chi connectivity index (χ0n) is 13.3. The second-order valence-electron chi connectivity index (χ2n) is 5.66. The van der Waals surface area contributed by atoms with Crippen LogP contribution in [0.5, 0.6) is 0 Å². The first-order valence-electron chi connectivity index (χ1n) is 7.66. The zero-order valence-corrected chi connectivity index (χ0v) is 14.9. The number of anilines is 1. The van der Waals surface area contributed by atoms with Gasteiger partial charge in [0.25, 0.3) is 5.91 Å². The summed E-state index contributed by atoms with van der Waals surface area (Å²) in [6, 6.07) is 4.68. The van der Waals surface area contributed by atoms with Crippen molar-refractivity contribution in [2.75, 3.05) is 17.7 Å². The maximum atomic E-state index is 12.3. The van der Waals surface area contributed by atoms with Crippen molar-refractivity contribution in [1.29, 1.82) is 0 Å². The number of aryl methyl sites for hydroxylation is 1. The number of benzene rings is 1. The number of sulfonamides is 1. The van der Waals surface area contributed by atoms with Crippen LogP contribution in [-0.4, -0.2) is 37.0 Å². The number of nitrogens with zero attached hydrogens (tertiary/aromatic N) is 1. The fourth-order valence-electron chi connectivity index (χ4n) is 2.60. The van der Waals surface area contributed by atoms with Gasteiger partial charge in [-0.1, -0.05) is 24.6 Å². The SMILES string of the molecule is CCCS(=O)(=O)N1CCC[C@H]1C(=O)NNc1ccc(C)c(Cl)c1. The van der Waals surface area contributed by atoms with Crippen LogP contribution in [0.2, 0.25) is 5.02 Å². The summed E-state index contributed by atoms with van der Waals surface area (Å²) in [6.07, 6.45) is 1.76. The van der Waals surface area contributed by atoms with E-state index in [1.54, 1.807) is 12.1 Å². The van der Waals surface area contributed by atoms with Crippen LogP contribution in [0, 0.1) is 6.92 Å². The summed E-state index contributed by atoms with van der Waals surface area (Å²) in [5.74, 6) is -0.281. The first-order chi connectivity index (χ1) is 10.8. The lowest BCUT2D eigenvalue weighted by molar-refractivity contribution is -0.123. The molecule has 1 atom stereocenters. The maximum Gasteiger partial charge on any atom is 0.256 e. The standard InChI is InChI=1S/C15H22ClN3O3S/c1-3-9-23(21,22)19-8-4-5-14(19)15(20)18-17-12-7-6-11(2)13(16)10-12/h6-7,10,14,17H,3-5,8-9H2,1-2H3,(H,18,20)/t14-/m0/s1. The Labute approximate surface area is 142 Å². The first kappa shape index (κ1) is 18.0. The van der Waals surface area contributed by atoms with E-state index in [-0.39, 0.29) is 11.7 Å². The molecule has 0 aromatic heterocycles. The van der Waals surface area contributed by atoms with Gasteiger partial charge >= 0.3 is 0 Å². The molecular weight excluding hydrogens is 338 g/mol. The van der Waals surface area contributed by atoms with E-state index in [0.717, 1.165) is 5.56 Å². The van der Waals surface area contributed by atoms with Crippen molar-refractivity contribution in [1.82, 2.24) is 9.73 Å². The second kappa shape index (κ2) is 7.51. The minimum Gasteiger partial charge on any atom is -0.299 e. The normalized spacial score (nSPS) is 18.8. The van der Waals surface area contributed by atoms with Crippen molar-refractivity contribution >= 4 is 33.2 Å². The van der Waals surface area contributed by atoms with Crippen molar-refractivity contribution in [3.05, 3.63) is 28.8 Å². The molecule has 2 N–H and O–H groups in total. The van der Waals surface area contributed by atoms with E-state index in [1.807, 2.05) is 19.9 Å². The summed E-state index contributed by atoms with van der Waals surface area (Å²) in [5, 5.41) is 0.595. The van der Waals surface area contributed by atoms with Crippen LogP contribution in [-0.2, 0) is 14.8 Å². The van der Waals surface area contributed by atoms with Crippen molar-refractivity contribution in [2.45, 2.75) is 39.2 Å². The average molecular weight is 360 g/mol. The smallest absolute Gasteiger partial charge is 0.256 e. The van der Waals surface area contributed by atoms with Crippen LogP contribution in [0.15, 0.2) is 18.2 Å². The van der Waals surface area contributed by atoms with Crippen LogP contribution in [0.1, 0.15) is 31.7 Å². The third kappa shape index (κ3) is 4.37. The zero-order chi connectivity index (χ0) is 17.0. The van der Waals surface area contributed by atoms with E-state index in [4.69, 9.17) is 11.6 Å². The largest absolute Gasteiger partial charge is 0.299 e. The van der Waals surface area contributed by atoms with Crippen molar-refractivity contribution in [3.63, 3.8) is 0 Å². The molecule has 1 saturated heterocycles. The first-order valence-corrected chi connectivity index (χ1v) is 9.65. The minimum absolute atomic E-state index is 0.0672. The summed E-state index contributed by atoms with van der Waals surface area (Å²) in [4.78, 5) is 12.3. The van der Waals surface area contributed by atoms with Gasteiger partial charge in [0.1, 0.15) is 6.04 Å². The van der Waals surface area contributed by atoms with Gasteiger partial charge in [-0.2, -0.15) is 4.31 Å². The van der Waals surface area contributed by atoms with E-state index < -0.39 is 16.1 Å². The van der Waals surface area contributed by atoms with Gasteiger partial charge in [0, 0.05) is 11.6 Å². The molecule has 6 nitrogen and oxygen atoms in total. The molecule has 8 heteroatoms. The van der Waals surface area contributed by atoms with Crippen LogP contribution in [0.4, 0.5) is 5.69 Å². The lowest BCUT2D eigenvalue weighted by atomic mass is 10.2. The molecule has 128 valence electrons. The highest BCUT2D eigenvalue weighted by Gasteiger charge is 2.38. The maximum absolute atomic E-state index is 12.3. The lowest BCUT2D eigenvalue weighted by Gasteiger charge is -2.23. The van der Waals surface area contributed by atoms with Gasteiger partial charge in [-0.3, -0.25) is 15.6 Å². The Balaban J connectivity index is 2.00. The molecule has 1 amide bonds. The highest BCUT2D eigenvalue weighted by molar-refractivity contribution is 7.89. The molecule has 1 aromatic carbocycles. The molecule has 1 aliphatic rings. The fraction of sp³-hybridized carbons (Fsp3) is 0.533. The number of hydrogen-bond acceptors (Lipinski definition) is 4. The van der Waals surface area contributed by atoms with Gasteiger partial charge in [-0.05, 0) is 43.9 Å². The quantitative estimate of drug-likeness (QED) is 0.764. The van der Waals surface area contributed by atoms with Crippen molar-refractivity contribution in [2.24, 2.45) is 0 Å². The third-order valence-electron chi connectivity index (χ3n) is 3.83. The predicted octanol–water partition coefficient (Wildman–Crippen LogP) is 2.30. The Hall–Kier alpha value is -1.31.